The summed E-state index contributed by atoms with van der Waals surface area (Å²) >= 11 is 0. The molecular formula is C29H34N2O5S. The van der Waals surface area contributed by atoms with E-state index in [-0.39, 0.29) is 23.2 Å². The van der Waals surface area contributed by atoms with Gasteiger partial charge in [-0.05, 0) is 80.5 Å². The maximum atomic E-state index is 13.8. The van der Waals surface area contributed by atoms with Gasteiger partial charge in [0.1, 0.15) is 6.54 Å². The first-order valence-electron chi connectivity index (χ1n) is 12.5. The molecule has 3 aromatic rings. The van der Waals surface area contributed by atoms with Gasteiger partial charge in [-0.1, -0.05) is 35.9 Å². The van der Waals surface area contributed by atoms with Crippen molar-refractivity contribution in [3.05, 3.63) is 82.9 Å². The zero-order valence-corrected chi connectivity index (χ0v) is 22.6. The molecule has 0 heterocycles. The molecule has 0 fully saturated rings. The third kappa shape index (κ3) is 5.91. The molecule has 37 heavy (non-hydrogen) atoms. The number of ether oxygens (including phenoxy) is 2. The Morgan fingerprint density at radius 2 is 1.59 bits per heavy atom. The second-order valence-corrected chi connectivity index (χ2v) is 11.3. The van der Waals surface area contributed by atoms with Crippen LogP contribution in [0.2, 0.25) is 0 Å². The third-order valence-corrected chi connectivity index (χ3v) is 8.57. The van der Waals surface area contributed by atoms with Crippen LogP contribution in [-0.2, 0) is 27.7 Å². The van der Waals surface area contributed by atoms with Crippen LogP contribution < -0.4 is 19.1 Å². The minimum Gasteiger partial charge on any atom is -0.493 e. The van der Waals surface area contributed by atoms with Gasteiger partial charge in [-0.15, -0.1) is 0 Å². The smallest absolute Gasteiger partial charge is 0.264 e. The Balaban J connectivity index is 1.60. The van der Waals surface area contributed by atoms with E-state index in [4.69, 9.17) is 9.47 Å². The summed E-state index contributed by atoms with van der Waals surface area (Å²) in [4.78, 5) is 13.2. The van der Waals surface area contributed by atoms with Crippen LogP contribution in [0.25, 0.3) is 0 Å². The molecule has 0 saturated carbocycles. The third-order valence-electron chi connectivity index (χ3n) is 6.80. The zero-order chi connectivity index (χ0) is 26.6. The van der Waals surface area contributed by atoms with Crippen molar-refractivity contribution in [1.29, 1.82) is 0 Å². The van der Waals surface area contributed by atoms with E-state index in [9.17, 15) is 13.2 Å². The second-order valence-electron chi connectivity index (χ2n) is 9.39. The van der Waals surface area contributed by atoms with Crippen molar-refractivity contribution in [2.75, 3.05) is 25.1 Å². The molecule has 1 N–H and O–H groups in total. The number of sulfonamides is 1. The summed E-state index contributed by atoms with van der Waals surface area (Å²) in [6.07, 6.45) is 4.53. The largest absolute Gasteiger partial charge is 0.493 e. The van der Waals surface area contributed by atoms with E-state index in [0.29, 0.717) is 11.4 Å². The number of nitrogens with zero attached hydrogens (tertiary/aromatic N) is 1. The second kappa shape index (κ2) is 11.3. The molecule has 1 amide bonds. The Morgan fingerprint density at radius 1 is 0.919 bits per heavy atom. The Kier molecular flexibility index (Phi) is 8.07. The number of aryl methyl sites for hydroxylation is 3. The van der Waals surface area contributed by atoms with E-state index in [2.05, 4.69) is 17.4 Å². The standard InChI is InChI=1S/C29H34N2O5S/c1-20-9-13-25(14-10-20)31(37(33,34)26-15-16-27(35-3)28(18-26)36-4)19-29(32)30-21(2)23-12-11-22-7-5-6-8-24(22)17-23/h9-18,21H,5-8,19H2,1-4H3,(H,30,32)/t21-/m1/s1. The van der Waals surface area contributed by atoms with Crippen LogP contribution in [0.1, 0.15) is 48.1 Å². The lowest BCUT2D eigenvalue weighted by molar-refractivity contribution is -0.120. The Morgan fingerprint density at radius 3 is 2.27 bits per heavy atom. The number of benzene rings is 3. The van der Waals surface area contributed by atoms with Crippen molar-refractivity contribution in [3.63, 3.8) is 0 Å². The molecule has 0 aromatic heterocycles. The van der Waals surface area contributed by atoms with Crippen molar-refractivity contribution >= 4 is 21.6 Å². The van der Waals surface area contributed by atoms with Crippen molar-refractivity contribution < 1.29 is 22.7 Å². The first-order valence-corrected chi connectivity index (χ1v) is 13.9. The highest BCUT2D eigenvalue weighted by molar-refractivity contribution is 7.92. The summed E-state index contributed by atoms with van der Waals surface area (Å²) in [7, 11) is -1.16. The van der Waals surface area contributed by atoms with Gasteiger partial charge in [0, 0.05) is 6.07 Å². The average molecular weight is 523 g/mol. The number of fused-ring (bicyclic) bond motifs is 1. The van der Waals surface area contributed by atoms with Crippen molar-refractivity contribution in [2.45, 2.75) is 50.5 Å². The van der Waals surface area contributed by atoms with Crippen molar-refractivity contribution in [3.8, 4) is 11.5 Å². The summed E-state index contributed by atoms with van der Waals surface area (Å²) < 4.78 is 39.3. The fourth-order valence-electron chi connectivity index (χ4n) is 4.65. The lowest BCUT2D eigenvalue weighted by Crippen LogP contribution is -2.41. The van der Waals surface area contributed by atoms with Gasteiger partial charge < -0.3 is 14.8 Å². The number of nitrogens with one attached hydrogen (secondary N) is 1. The number of carbonyl (C=O) groups excluding carboxylic acids is 1. The first kappa shape index (κ1) is 26.5. The summed E-state index contributed by atoms with van der Waals surface area (Å²) in [5.74, 6) is 0.313. The van der Waals surface area contributed by atoms with Gasteiger partial charge in [0.15, 0.2) is 11.5 Å². The Bertz CT molecular complexity index is 1370. The number of carbonyl (C=O) groups is 1. The lowest BCUT2D eigenvalue weighted by atomic mass is 9.89. The monoisotopic (exact) mass is 522 g/mol. The van der Waals surface area contributed by atoms with Gasteiger partial charge in [0.2, 0.25) is 5.91 Å². The van der Waals surface area contributed by atoms with E-state index < -0.39 is 15.9 Å². The maximum absolute atomic E-state index is 13.8. The van der Waals surface area contributed by atoms with Crippen molar-refractivity contribution in [2.24, 2.45) is 0 Å². The predicted molar refractivity (Wildman–Crippen MR) is 145 cm³/mol. The molecule has 1 aliphatic carbocycles. The molecule has 7 nitrogen and oxygen atoms in total. The lowest BCUT2D eigenvalue weighted by Gasteiger charge is -2.26. The highest BCUT2D eigenvalue weighted by Gasteiger charge is 2.29. The Labute approximate surface area is 219 Å². The average Bonchev–Trinajstić information content (AvgIpc) is 2.91. The van der Waals surface area contributed by atoms with E-state index in [1.165, 1.54) is 56.4 Å². The first-order chi connectivity index (χ1) is 17.7. The van der Waals surface area contributed by atoms with Crippen LogP contribution >= 0.6 is 0 Å². The number of amides is 1. The molecule has 0 radical (unpaired) electrons. The van der Waals surface area contributed by atoms with E-state index in [1.807, 2.05) is 32.0 Å². The predicted octanol–water partition coefficient (Wildman–Crippen LogP) is 4.96. The zero-order valence-electron chi connectivity index (χ0n) is 21.8. The molecule has 0 aliphatic heterocycles. The molecule has 0 unspecified atom stereocenters. The van der Waals surface area contributed by atoms with Gasteiger partial charge in [-0.3, -0.25) is 9.10 Å². The molecular weight excluding hydrogens is 488 g/mol. The van der Waals surface area contributed by atoms with Gasteiger partial charge in [-0.2, -0.15) is 0 Å². The molecule has 0 saturated heterocycles. The molecule has 1 aliphatic rings. The number of methoxy groups -OCH3 is 2. The number of hydrogen-bond acceptors (Lipinski definition) is 5. The molecule has 4 rings (SSSR count). The molecule has 1 atom stereocenters. The summed E-state index contributed by atoms with van der Waals surface area (Å²) in [5, 5.41) is 2.99. The summed E-state index contributed by atoms with van der Waals surface area (Å²) in [6, 6.07) is 17.5. The fraction of sp³-hybridized carbons (Fsp3) is 0.345. The normalized spacial score (nSPS) is 13.8. The molecule has 3 aromatic carbocycles. The maximum Gasteiger partial charge on any atom is 0.264 e. The van der Waals surface area contributed by atoms with Crippen molar-refractivity contribution in [1.82, 2.24) is 5.32 Å². The fourth-order valence-corrected chi connectivity index (χ4v) is 6.09. The SMILES string of the molecule is COc1ccc(S(=O)(=O)N(CC(=O)N[C@H](C)c2ccc3c(c2)CCCC3)c2ccc(C)cc2)cc1OC. The number of hydrogen-bond donors (Lipinski definition) is 1. The minimum atomic E-state index is -4.10. The summed E-state index contributed by atoms with van der Waals surface area (Å²) in [5.41, 5.74) is 5.11. The highest BCUT2D eigenvalue weighted by Crippen LogP contribution is 2.32. The van der Waals surface area contributed by atoms with E-state index >= 15 is 0 Å². The highest BCUT2D eigenvalue weighted by atomic mass is 32.2. The van der Waals surface area contributed by atoms with Crippen LogP contribution in [0.4, 0.5) is 5.69 Å². The van der Waals surface area contributed by atoms with Gasteiger partial charge in [0.05, 0.1) is 30.8 Å². The Hall–Kier alpha value is -3.52. The quantitative estimate of drug-likeness (QED) is 0.429. The molecule has 8 heteroatoms. The van der Waals surface area contributed by atoms with Crippen LogP contribution in [0.15, 0.2) is 65.6 Å². The number of rotatable bonds is 9. The van der Waals surface area contributed by atoms with Gasteiger partial charge in [0.25, 0.3) is 10.0 Å². The van der Waals surface area contributed by atoms with Crippen LogP contribution in [0.5, 0.6) is 11.5 Å². The van der Waals surface area contributed by atoms with E-state index in [1.54, 1.807) is 12.1 Å². The minimum absolute atomic E-state index is 0.00117. The topological polar surface area (TPSA) is 84.9 Å². The van der Waals surface area contributed by atoms with Crippen LogP contribution in [0.3, 0.4) is 0 Å². The molecule has 196 valence electrons. The summed E-state index contributed by atoms with van der Waals surface area (Å²) in [6.45, 7) is 3.47. The van der Waals surface area contributed by atoms with E-state index in [0.717, 1.165) is 28.3 Å². The number of anilines is 1. The van der Waals surface area contributed by atoms with Gasteiger partial charge in [-0.25, -0.2) is 8.42 Å². The van der Waals surface area contributed by atoms with Gasteiger partial charge >= 0.3 is 0 Å². The molecule has 0 bridgehead atoms. The van der Waals surface area contributed by atoms with Crippen LogP contribution in [0, 0.1) is 6.92 Å². The van der Waals surface area contributed by atoms with Crippen LogP contribution in [-0.4, -0.2) is 35.1 Å². The molecule has 0 spiro atoms.